The van der Waals surface area contributed by atoms with Crippen molar-refractivity contribution < 1.29 is 9.13 Å². The van der Waals surface area contributed by atoms with Gasteiger partial charge in [-0.25, -0.2) is 4.39 Å². The number of allylic oxidation sites excluding steroid dienone is 2. The van der Waals surface area contributed by atoms with Crippen molar-refractivity contribution in [3.05, 3.63) is 60.0 Å². The molecule has 0 spiro atoms. The molecule has 1 aliphatic carbocycles. The highest BCUT2D eigenvalue weighted by molar-refractivity contribution is 9.09. The van der Waals surface area contributed by atoms with E-state index in [-0.39, 0.29) is 11.7 Å². The van der Waals surface area contributed by atoms with E-state index in [1.165, 1.54) is 38.5 Å². The highest BCUT2D eigenvalue weighted by atomic mass is 79.9. The van der Waals surface area contributed by atoms with Crippen LogP contribution in [0.15, 0.2) is 54.4 Å². The molecule has 3 heteroatoms. The van der Waals surface area contributed by atoms with E-state index in [0.29, 0.717) is 11.9 Å². The molecule has 0 bridgehead atoms. The predicted octanol–water partition coefficient (Wildman–Crippen LogP) is 7.48. The van der Waals surface area contributed by atoms with Crippen LogP contribution in [0.25, 0.3) is 0 Å². The van der Waals surface area contributed by atoms with Crippen molar-refractivity contribution in [1.29, 1.82) is 0 Å². The zero-order valence-corrected chi connectivity index (χ0v) is 17.5. The molecule has 0 radical (unpaired) electrons. The maximum atomic E-state index is 14.8. The third kappa shape index (κ3) is 6.35. The van der Waals surface area contributed by atoms with Gasteiger partial charge in [-0.05, 0) is 24.1 Å². The maximum Gasteiger partial charge on any atom is 0.147 e. The van der Waals surface area contributed by atoms with E-state index in [9.17, 15) is 4.39 Å². The fourth-order valence-electron chi connectivity index (χ4n) is 3.33. The van der Waals surface area contributed by atoms with E-state index in [0.717, 1.165) is 18.4 Å². The number of unbranched alkanes of at least 4 members (excludes halogenated alkanes) is 7. The minimum absolute atomic E-state index is 0.0184. The van der Waals surface area contributed by atoms with Gasteiger partial charge in [0.15, 0.2) is 0 Å². The quantitative estimate of drug-likeness (QED) is 0.192. The van der Waals surface area contributed by atoms with E-state index < -0.39 is 5.60 Å². The molecule has 0 N–H and O–H groups in total. The number of halogens is 2. The number of ether oxygens (including phenoxy) is 1. The molecule has 0 amide bonds. The Bertz CT molecular complexity index is 569. The molecule has 0 aliphatic heterocycles. The normalized spacial score (nSPS) is 22.4. The van der Waals surface area contributed by atoms with Crippen molar-refractivity contribution in [3.8, 4) is 0 Å². The lowest BCUT2D eigenvalue weighted by Crippen LogP contribution is -2.35. The van der Waals surface area contributed by atoms with E-state index in [2.05, 4.69) is 22.9 Å². The number of hydrogen-bond donors (Lipinski definition) is 0. The molecule has 144 valence electrons. The molecule has 2 atom stereocenters. The zero-order valence-electron chi connectivity index (χ0n) is 15.9. The SMILES string of the molecule is CCCCCCCCCCOC1(CBr)C=CC(c2ccccc2)C=C1F. The number of alkyl halides is 1. The minimum atomic E-state index is -0.938. The second-order valence-corrected chi connectivity index (χ2v) is 7.72. The summed E-state index contributed by atoms with van der Waals surface area (Å²) in [6, 6.07) is 10.0. The Balaban J connectivity index is 1.76. The second-order valence-electron chi connectivity index (χ2n) is 7.16. The fraction of sp³-hybridized carbons (Fsp3) is 0.565. The lowest BCUT2D eigenvalue weighted by atomic mass is 9.88. The molecule has 26 heavy (non-hydrogen) atoms. The molecule has 0 saturated heterocycles. The maximum absolute atomic E-state index is 14.8. The molecule has 2 rings (SSSR count). The van der Waals surface area contributed by atoms with Crippen molar-refractivity contribution in [3.63, 3.8) is 0 Å². The first-order valence-electron chi connectivity index (χ1n) is 10.0. The summed E-state index contributed by atoms with van der Waals surface area (Å²) in [5.41, 5.74) is 0.164. The zero-order chi connectivity index (χ0) is 18.7. The summed E-state index contributed by atoms with van der Waals surface area (Å²) < 4.78 is 20.8. The van der Waals surface area contributed by atoms with Crippen molar-refractivity contribution >= 4 is 15.9 Å². The molecule has 0 heterocycles. The summed E-state index contributed by atoms with van der Waals surface area (Å²) in [5, 5.41) is 0.442. The Hall–Kier alpha value is -0.930. The summed E-state index contributed by atoms with van der Waals surface area (Å²) in [6.07, 6.45) is 15.6. The van der Waals surface area contributed by atoms with Crippen LogP contribution in [0.4, 0.5) is 4.39 Å². The standard InChI is InChI=1S/C23H32BrFO/c1-2-3-4-5-6-7-8-12-17-26-23(19-24)16-15-21(18-22(23)25)20-13-10-9-11-14-20/h9-11,13-16,18,21H,2-8,12,17,19H2,1H3. The summed E-state index contributed by atoms with van der Waals surface area (Å²) in [7, 11) is 0. The van der Waals surface area contributed by atoms with Gasteiger partial charge in [0, 0.05) is 17.9 Å². The van der Waals surface area contributed by atoms with Crippen molar-refractivity contribution in [1.82, 2.24) is 0 Å². The van der Waals surface area contributed by atoms with Crippen molar-refractivity contribution in [2.24, 2.45) is 0 Å². The molecule has 0 fully saturated rings. The number of hydrogen-bond acceptors (Lipinski definition) is 1. The Kier molecular flexibility index (Phi) is 9.63. The first-order valence-corrected chi connectivity index (χ1v) is 11.2. The van der Waals surface area contributed by atoms with Crippen LogP contribution in [-0.2, 0) is 4.74 Å². The Morgan fingerprint density at radius 2 is 1.65 bits per heavy atom. The van der Waals surface area contributed by atoms with E-state index in [1.807, 2.05) is 42.5 Å². The van der Waals surface area contributed by atoms with Gasteiger partial charge in [0.05, 0.1) is 0 Å². The average molecular weight is 423 g/mol. The van der Waals surface area contributed by atoms with Crippen LogP contribution >= 0.6 is 15.9 Å². The van der Waals surface area contributed by atoms with Gasteiger partial charge in [-0.1, -0.05) is 104 Å². The molecule has 1 aromatic carbocycles. The topological polar surface area (TPSA) is 9.23 Å². The first-order chi connectivity index (χ1) is 12.7. The molecule has 1 aliphatic rings. The minimum Gasteiger partial charge on any atom is -0.363 e. The second kappa shape index (κ2) is 11.7. The highest BCUT2D eigenvalue weighted by Crippen LogP contribution is 2.36. The summed E-state index contributed by atoms with van der Waals surface area (Å²) >= 11 is 3.45. The van der Waals surface area contributed by atoms with Crippen molar-refractivity contribution in [2.45, 2.75) is 69.8 Å². The third-order valence-corrected chi connectivity index (χ3v) is 5.88. The number of benzene rings is 1. The fourth-order valence-corrected chi connectivity index (χ4v) is 3.95. The van der Waals surface area contributed by atoms with Crippen LogP contribution < -0.4 is 0 Å². The van der Waals surface area contributed by atoms with Gasteiger partial charge in [0.2, 0.25) is 0 Å². The molecular formula is C23H32BrFO. The van der Waals surface area contributed by atoms with Crippen LogP contribution in [-0.4, -0.2) is 17.5 Å². The third-order valence-electron chi connectivity index (χ3n) is 5.04. The largest absolute Gasteiger partial charge is 0.363 e. The molecule has 0 saturated carbocycles. The van der Waals surface area contributed by atoms with Gasteiger partial charge in [-0.15, -0.1) is 0 Å². The van der Waals surface area contributed by atoms with Gasteiger partial charge in [0.25, 0.3) is 0 Å². The highest BCUT2D eigenvalue weighted by Gasteiger charge is 2.35. The van der Waals surface area contributed by atoms with Crippen LogP contribution in [0.5, 0.6) is 0 Å². The van der Waals surface area contributed by atoms with E-state index >= 15 is 0 Å². The molecule has 2 unspecified atom stereocenters. The van der Waals surface area contributed by atoms with Crippen LogP contribution in [0.3, 0.4) is 0 Å². The Labute approximate surface area is 166 Å². The van der Waals surface area contributed by atoms with E-state index in [4.69, 9.17) is 4.74 Å². The Morgan fingerprint density at radius 3 is 2.27 bits per heavy atom. The van der Waals surface area contributed by atoms with Gasteiger partial charge >= 0.3 is 0 Å². The first kappa shape index (κ1) is 21.4. The Morgan fingerprint density at radius 1 is 1.00 bits per heavy atom. The summed E-state index contributed by atoms with van der Waals surface area (Å²) in [6.45, 7) is 2.84. The lowest BCUT2D eigenvalue weighted by molar-refractivity contribution is 0.0176. The van der Waals surface area contributed by atoms with Crippen molar-refractivity contribution in [2.75, 3.05) is 11.9 Å². The predicted molar refractivity (Wildman–Crippen MR) is 113 cm³/mol. The van der Waals surface area contributed by atoms with E-state index in [1.54, 1.807) is 6.08 Å². The number of rotatable bonds is 12. The van der Waals surface area contributed by atoms with Gasteiger partial charge in [-0.3, -0.25) is 0 Å². The van der Waals surface area contributed by atoms with Crippen LogP contribution in [0.2, 0.25) is 0 Å². The molecular weight excluding hydrogens is 391 g/mol. The monoisotopic (exact) mass is 422 g/mol. The lowest BCUT2D eigenvalue weighted by Gasteiger charge is -2.31. The molecule has 1 nitrogen and oxygen atoms in total. The van der Waals surface area contributed by atoms with Gasteiger partial charge in [0.1, 0.15) is 11.4 Å². The average Bonchev–Trinajstić information content (AvgIpc) is 2.68. The summed E-state index contributed by atoms with van der Waals surface area (Å²) in [4.78, 5) is 0. The molecule has 0 aromatic heterocycles. The smallest absolute Gasteiger partial charge is 0.147 e. The summed E-state index contributed by atoms with van der Waals surface area (Å²) in [5.74, 6) is -0.208. The van der Waals surface area contributed by atoms with Crippen LogP contribution in [0, 0.1) is 0 Å². The van der Waals surface area contributed by atoms with Crippen LogP contribution in [0.1, 0.15) is 69.8 Å². The molecule has 1 aromatic rings. The van der Waals surface area contributed by atoms with Gasteiger partial charge in [-0.2, -0.15) is 0 Å². The van der Waals surface area contributed by atoms with Gasteiger partial charge < -0.3 is 4.74 Å².